The molecule has 0 spiro atoms. The molecule has 5 nitrogen and oxygen atoms in total. The first-order valence-corrected chi connectivity index (χ1v) is 11.1. The Morgan fingerprint density at radius 3 is 2.80 bits per heavy atom. The van der Waals surface area contributed by atoms with E-state index < -0.39 is 11.6 Å². The predicted molar refractivity (Wildman–Crippen MR) is 116 cm³/mol. The second kappa shape index (κ2) is 7.62. The number of fused-ring (bicyclic) bond motifs is 4. The fourth-order valence-electron chi connectivity index (χ4n) is 5.66. The molecule has 3 aliphatic rings. The van der Waals surface area contributed by atoms with Gasteiger partial charge in [-0.25, -0.2) is 4.79 Å². The molecule has 1 N–H and O–H groups in total. The Bertz CT molecular complexity index is 1040. The van der Waals surface area contributed by atoms with Gasteiger partial charge in [0, 0.05) is 36.6 Å². The average Bonchev–Trinajstić information content (AvgIpc) is 3.12. The molecule has 1 unspecified atom stereocenters. The molecule has 2 aromatic rings. The van der Waals surface area contributed by atoms with Crippen LogP contribution in [0.4, 0.5) is 0 Å². The van der Waals surface area contributed by atoms with Crippen LogP contribution in [0.15, 0.2) is 42.2 Å². The zero-order valence-corrected chi connectivity index (χ0v) is 17.5. The lowest BCUT2D eigenvalue weighted by molar-refractivity contribution is -0.0769. The summed E-state index contributed by atoms with van der Waals surface area (Å²) in [5.41, 5.74) is 3.06. The van der Waals surface area contributed by atoms with Crippen LogP contribution in [-0.2, 0) is 16.0 Å². The number of hydrogen-bond acceptors (Lipinski definition) is 3. The molecule has 1 atom stereocenters. The number of allylic oxidation sites excluding steroid dienone is 2. The number of carbonyl (C=O) groups is 1. The second-order valence-electron chi connectivity index (χ2n) is 8.74. The number of hydrogen-bond donors (Lipinski definition) is 1. The maximum atomic E-state index is 11.5. The third kappa shape index (κ3) is 2.99. The SMILES string of the molecule is COC1(C2CCCCC2)CC=CC2=C1OCCCn1c2cc2ccc(C(=O)O)cc21. The first-order valence-electron chi connectivity index (χ1n) is 11.1. The van der Waals surface area contributed by atoms with Gasteiger partial charge < -0.3 is 19.1 Å². The van der Waals surface area contributed by atoms with Crippen molar-refractivity contribution in [2.75, 3.05) is 13.7 Å². The lowest BCUT2D eigenvalue weighted by Gasteiger charge is -2.44. The zero-order valence-electron chi connectivity index (χ0n) is 17.5. The molecular weight excluding hydrogens is 378 g/mol. The van der Waals surface area contributed by atoms with Crippen LogP contribution in [0.3, 0.4) is 0 Å². The second-order valence-corrected chi connectivity index (χ2v) is 8.74. The van der Waals surface area contributed by atoms with E-state index in [0.717, 1.165) is 47.3 Å². The molecule has 2 aliphatic carbocycles. The lowest BCUT2D eigenvalue weighted by Crippen LogP contribution is -2.45. The minimum atomic E-state index is -0.894. The molecule has 0 radical (unpaired) electrons. The van der Waals surface area contributed by atoms with Gasteiger partial charge in [-0.1, -0.05) is 37.5 Å². The summed E-state index contributed by atoms with van der Waals surface area (Å²) in [5, 5.41) is 10.5. The van der Waals surface area contributed by atoms with E-state index in [1.54, 1.807) is 12.1 Å². The number of aromatic carboxylic acids is 1. The summed E-state index contributed by atoms with van der Waals surface area (Å²) >= 11 is 0. The maximum absolute atomic E-state index is 11.5. The van der Waals surface area contributed by atoms with Crippen molar-refractivity contribution in [1.29, 1.82) is 0 Å². The molecule has 30 heavy (non-hydrogen) atoms. The van der Waals surface area contributed by atoms with E-state index in [9.17, 15) is 9.90 Å². The minimum Gasteiger partial charge on any atom is -0.494 e. The van der Waals surface area contributed by atoms with Gasteiger partial charge in [-0.15, -0.1) is 0 Å². The monoisotopic (exact) mass is 407 g/mol. The van der Waals surface area contributed by atoms with Gasteiger partial charge in [0.2, 0.25) is 0 Å². The summed E-state index contributed by atoms with van der Waals surface area (Å²) in [6.45, 7) is 1.44. The Hall–Kier alpha value is -2.53. The van der Waals surface area contributed by atoms with Gasteiger partial charge in [0.1, 0.15) is 11.4 Å². The molecule has 1 saturated carbocycles. The minimum absolute atomic E-state index is 0.323. The Balaban J connectivity index is 1.70. The Labute approximate surface area is 177 Å². The molecule has 1 fully saturated rings. The fraction of sp³-hybridized carbons (Fsp3) is 0.480. The Kier molecular flexibility index (Phi) is 4.94. The van der Waals surface area contributed by atoms with Crippen LogP contribution in [0.2, 0.25) is 0 Å². The van der Waals surface area contributed by atoms with Crippen LogP contribution >= 0.6 is 0 Å². The summed E-state index contributed by atoms with van der Waals surface area (Å²) in [6, 6.07) is 7.56. The van der Waals surface area contributed by atoms with Gasteiger partial charge >= 0.3 is 5.97 Å². The molecule has 0 bridgehead atoms. The van der Waals surface area contributed by atoms with Crippen LogP contribution in [0.5, 0.6) is 0 Å². The highest BCUT2D eigenvalue weighted by Gasteiger charge is 2.46. The van der Waals surface area contributed by atoms with E-state index in [2.05, 4.69) is 22.8 Å². The van der Waals surface area contributed by atoms with E-state index in [0.29, 0.717) is 18.1 Å². The first-order chi connectivity index (χ1) is 14.6. The van der Waals surface area contributed by atoms with Crippen molar-refractivity contribution in [3.63, 3.8) is 0 Å². The number of methoxy groups -OCH3 is 1. The largest absolute Gasteiger partial charge is 0.494 e. The summed E-state index contributed by atoms with van der Waals surface area (Å²) in [4.78, 5) is 11.5. The third-order valence-corrected chi connectivity index (χ3v) is 7.16. The van der Waals surface area contributed by atoms with Gasteiger partial charge in [0.05, 0.1) is 17.9 Å². The van der Waals surface area contributed by atoms with Crippen molar-refractivity contribution >= 4 is 22.4 Å². The molecule has 1 aromatic carbocycles. The standard InChI is InChI=1S/C25H29NO4/c1-29-25(19-7-3-2-4-8-19)12-5-9-20-22-15-17-10-11-18(24(27)28)16-21(17)26(22)13-6-14-30-23(20)25/h5,9-11,15-16,19H,2-4,6-8,12-14H2,1H3,(H,27,28). The van der Waals surface area contributed by atoms with E-state index in [-0.39, 0.29) is 0 Å². The number of rotatable bonds is 3. The van der Waals surface area contributed by atoms with Crippen LogP contribution in [0.1, 0.15) is 61.0 Å². The van der Waals surface area contributed by atoms with E-state index >= 15 is 0 Å². The topological polar surface area (TPSA) is 60.7 Å². The highest BCUT2D eigenvalue weighted by molar-refractivity contribution is 5.95. The molecule has 5 heteroatoms. The maximum Gasteiger partial charge on any atom is 0.335 e. The van der Waals surface area contributed by atoms with Crippen molar-refractivity contribution in [1.82, 2.24) is 4.57 Å². The smallest absolute Gasteiger partial charge is 0.335 e. The molecule has 158 valence electrons. The van der Waals surface area contributed by atoms with Gasteiger partial charge in [-0.2, -0.15) is 0 Å². The fourth-order valence-corrected chi connectivity index (χ4v) is 5.66. The van der Waals surface area contributed by atoms with Gasteiger partial charge in [0.15, 0.2) is 0 Å². The van der Waals surface area contributed by atoms with Crippen LogP contribution in [0, 0.1) is 5.92 Å². The summed E-state index contributed by atoms with van der Waals surface area (Å²) < 4.78 is 15.0. The quantitative estimate of drug-likeness (QED) is 0.740. The average molecular weight is 408 g/mol. The molecule has 1 aromatic heterocycles. The highest BCUT2D eigenvalue weighted by atomic mass is 16.5. The molecular formula is C25H29NO4. The number of benzene rings is 1. The summed E-state index contributed by atoms with van der Waals surface area (Å²) in [7, 11) is 1.83. The first kappa shape index (κ1) is 19.4. The van der Waals surface area contributed by atoms with E-state index in [4.69, 9.17) is 9.47 Å². The van der Waals surface area contributed by atoms with Crippen molar-refractivity contribution in [2.45, 2.75) is 57.1 Å². The van der Waals surface area contributed by atoms with Crippen molar-refractivity contribution in [2.24, 2.45) is 5.92 Å². The number of nitrogens with zero attached hydrogens (tertiary/aromatic N) is 1. The van der Waals surface area contributed by atoms with Crippen LogP contribution < -0.4 is 0 Å². The van der Waals surface area contributed by atoms with Crippen molar-refractivity contribution < 1.29 is 19.4 Å². The normalized spacial score (nSPS) is 24.7. The highest BCUT2D eigenvalue weighted by Crippen LogP contribution is 2.48. The molecule has 5 rings (SSSR count). The van der Waals surface area contributed by atoms with Gasteiger partial charge in [0.25, 0.3) is 0 Å². The number of carboxylic acids is 1. The lowest BCUT2D eigenvalue weighted by atomic mass is 9.71. The van der Waals surface area contributed by atoms with E-state index in [1.165, 1.54) is 32.1 Å². The Morgan fingerprint density at radius 1 is 1.20 bits per heavy atom. The Morgan fingerprint density at radius 2 is 2.03 bits per heavy atom. The summed E-state index contributed by atoms with van der Waals surface area (Å²) in [5.74, 6) is 0.540. The van der Waals surface area contributed by atoms with Crippen LogP contribution in [0.25, 0.3) is 16.5 Å². The number of aromatic nitrogens is 1. The van der Waals surface area contributed by atoms with Gasteiger partial charge in [-0.3, -0.25) is 0 Å². The molecule has 0 amide bonds. The molecule has 1 aliphatic heterocycles. The van der Waals surface area contributed by atoms with Gasteiger partial charge in [-0.05, 0) is 43.4 Å². The number of carboxylic acid groups (broad SMARTS) is 1. The third-order valence-electron chi connectivity index (χ3n) is 7.16. The number of aryl methyl sites for hydroxylation is 1. The van der Waals surface area contributed by atoms with E-state index in [1.807, 2.05) is 13.2 Å². The number of ether oxygens (including phenoxy) is 2. The summed E-state index contributed by atoms with van der Waals surface area (Å²) in [6.07, 6.45) is 12.3. The molecule has 0 saturated heterocycles. The molecule has 2 heterocycles. The zero-order chi connectivity index (χ0) is 20.7. The van der Waals surface area contributed by atoms with Crippen molar-refractivity contribution in [3.05, 3.63) is 53.4 Å². The van der Waals surface area contributed by atoms with Crippen LogP contribution in [-0.4, -0.2) is 35.0 Å². The van der Waals surface area contributed by atoms with Crippen molar-refractivity contribution in [3.8, 4) is 0 Å². The predicted octanol–water partition coefficient (Wildman–Crippen LogP) is 5.40.